The molecule has 0 aliphatic carbocycles. The minimum absolute atomic E-state index is 0.0437. The molecule has 0 saturated heterocycles. The number of aromatic amines is 1. The number of aliphatic hydroxyl groups excluding tert-OH is 1. The number of H-pyrrole nitrogens is 1. The quantitative estimate of drug-likeness (QED) is 0.497. The highest BCUT2D eigenvalue weighted by Crippen LogP contribution is 2.25. The van der Waals surface area contributed by atoms with E-state index < -0.39 is 6.10 Å². The van der Waals surface area contributed by atoms with Gasteiger partial charge < -0.3 is 19.0 Å². The van der Waals surface area contributed by atoms with Crippen LogP contribution < -0.4 is 14.9 Å². The van der Waals surface area contributed by atoms with Gasteiger partial charge in [-0.2, -0.15) is 5.21 Å². The number of nitrogens with zero attached hydrogens (tertiary/aromatic N) is 3. The Balaban J connectivity index is 1.49. The third-order valence-electron chi connectivity index (χ3n) is 3.90. The van der Waals surface area contributed by atoms with Crippen LogP contribution in [0.5, 0.6) is 11.5 Å². The van der Waals surface area contributed by atoms with Crippen LogP contribution >= 0.6 is 0 Å². The summed E-state index contributed by atoms with van der Waals surface area (Å²) in [6.45, 7) is 0.0172. The van der Waals surface area contributed by atoms with Crippen LogP contribution in [0.4, 0.5) is 0 Å². The lowest BCUT2D eigenvalue weighted by atomic mass is 10.2. The molecule has 1 unspecified atom stereocenters. The first-order valence-corrected chi connectivity index (χ1v) is 8.50. The van der Waals surface area contributed by atoms with Crippen LogP contribution in [-0.2, 0) is 0 Å². The smallest absolute Gasteiger partial charge is 0.239 e. The number of hydrogen-bond donors (Lipinski definition) is 2. The molecule has 0 radical (unpaired) electrons. The lowest BCUT2D eigenvalue weighted by Gasteiger charge is -2.14. The fraction of sp³-hybridized carbons (Fsp3) is 0.158. The third-order valence-corrected chi connectivity index (χ3v) is 3.90. The molecule has 28 heavy (non-hydrogen) atoms. The van der Waals surface area contributed by atoms with Crippen molar-refractivity contribution < 1.29 is 19.0 Å². The van der Waals surface area contributed by atoms with Gasteiger partial charge in [-0.15, -0.1) is 10.2 Å². The number of hydrogen-bond acceptors (Lipinski definition) is 8. The highest BCUT2D eigenvalue weighted by atomic mass is 16.5. The molecule has 4 rings (SSSR count). The van der Waals surface area contributed by atoms with E-state index in [0.29, 0.717) is 17.1 Å². The summed E-state index contributed by atoms with van der Waals surface area (Å²) in [6.07, 6.45) is -0.874. The van der Waals surface area contributed by atoms with Crippen LogP contribution in [0.25, 0.3) is 22.6 Å². The Morgan fingerprint density at radius 3 is 2.68 bits per heavy atom. The number of nitrogens with one attached hydrogen (secondary N) is 1. The largest absolute Gasteiger partial charge is 0.491 e. The third kappa shape index (κ3) is 3.84. The first-order chi connectivity index (χ1) is 13.7. The second-order valence-electron chi connectivity index (χ2n) is 5.93. The molecule has 142 valence electrons. The van der Waals surface area contributed by atoms with E-state index in [1.165, 1.54) is 6.07 Å². The minimum Gasteiger partial charge on any atom is -0.491 e. The minimum atomic E-state index is -0.874. The fourth-order valence-corrected chi connectivity index (χ4v) is 2.62. The molecular weight excluding hydrogens is 364 g/mol. The van der Waals surface area contributed by atoms with Gasteiger partial charge in [-0.3, -0.25) is 4.79 Å². The van der Waals surface area contributed by atoms with Gasteiger partial charge in [0.2, 0.25) is 5.82 Å². The molecule has 0 aliphatic rings. The van der Waals surface area contributed by atoms with E-state index in [0.717, 1.165) is 0 Å². The molecular formula is C19H16N4O5. The number of aromatic nitrogens is 4. The van der Waals surface area contributed by atoms with E-state index in [4.69, 9.17) is 13.9 Å². The maximum atomic E-state index is 12.6. The monoisotopic (exact) mass is 380 g/mol. The molecule has 0 fully saturated rings. The number of fused-ring (bicyclic) bond motifs is 1. The Labute approximate surface area is 158 Å². The summed E-state index contributed by atoms with van der Waals surface area (Å²) in [5.41, 5.74) is 0.00602. The average molecular weight is 380 g/mol. The average Bonchev–Trinajstić information content (AvgIpc) is 3.26. The topological polar surface area (TPSA) is 123 Å². The van der Waals surface area contributed by atoms with Crippen LogP contribution in [0, 0.1) is 0 Å². The molecule has 2 aromatic carbocycles. The molecule has 4 aromatic rings. The number of aliphatic hydroxyl groups is 1. The Kier molecular flexibility index (Phi) is 4.98. The van der Waals surface area contributed by atoms with Crippen LogP contribution in [0.2, 0.25) is 0 Å². The van der Waals surface area contributed by atoms with Crippen molar-refractivity contribution in [3.63, 3.8) is 0 Å². The van der Waals surface area contributed by atoms with Crippen molar-refractivity contribution >= 4 is 11.0 Å². The van der Waals surface area contributed by atoms with Gasteiger partial charge >= 0.3 is 0 Å². The number of tetrazole rings is 1. The van der Waals surface area contributed by atoms with Gasteiger partial charge in [0.1, 0.15) is 41.8 Å². The molecule has 1 atom stereocenters. The fourth-order valence-electron chi connectivity index (χ4n) is 2.62. The molecule has 9 heteroatoms. The van der Waals surface area contributed by atoms with Crippen molar-refractivity contribution in [3.8, 4) is 23.1 Å². The lowest BCUT2D eigenvalue weighted by molar-refractivity contribution is 0.0631. The summed E-state index contributed by atoms with van der Waals surface area (Å²) in [7, 11) is 0. The van der Waals surface area contributed by atoms with Crippen molar-refractivity contribution in [2.75, 3.05) is 13.2 Å². The van der Waals surface area contributed by atoms with E-state index in [1.54, 1.807) is 30.3 Å². The van der Waals surface area contributed by atoms with Gasteiger partial charge in [-0.05, 0) is 29.5 Å². The number of para-hydroxylation sites is 1. The molecule has 2 N–H and O–H groups in total. The second kappa shape index (κ2) is 7.89. The number of rotatable bonds is 7. The Hall–Kier alpha value is -3.72. The molecule has 2 aromatic heterocycles. The Morgan fingerprint density at radius 2 is 1.89 bits per heavy atom. The van der Waals surface area contributed by atoms with E-state index in [-0.39, 0.29) is 35.6 Å². The molecule has 0 aliphatic heterocycles. The predicted molar refractivity (Wildman–Crippen MR) is 99.1 cm³/mol. The first-order valence-electron chi connectivity index (χ1n) is 8.50. The maximum Gasteiger partial charge on any atom is 0.239 e. The highest BCUT2D eigenvalue weighted by Gasteiger charge is 2.15. The maximum absolute atomic E-state index is 12.6. The SMILES string of the molecule is O=c1cc(-c2nn[nH]n2)oc2cccc(OCC(O)COc3ccccc3)c12. The summed E-state index contributed by atoms with van der Waals surface area (Å²) >= 11 is 0. The summed E-state index contributed by atoms with van der Waals surface area (Å²) in [6, 6.07) is 15.4. The molecule has 0 amide bonds. The van der Waals surface area contributed by atoms with E-state index in [2.05, 4.69) is 20.6 Å². The summed E-state index contributed by atoms with van der Waals surface area (Å²) in [5, 5.41) is 23.7. The van der Waals surface area contributed by atoms with Gasteiger partial charge in [0, 0.05) is 6.07 Å². The van der Waals surface area contributed by atoms with Gasteiger partial charge in [0.25, 0.3) is 0 Å². The van der Waals surface area contributed by atoms with E-state index in [9.17, 15) is 9.90 Å². The zero-order valence-corrected chi connectivity index (χ0v) is 14.6. The zero-order valence-electron chi connectivity index (χ0n) is 14.6. The summed E-state index contributed by atoms with van der Waals surface area (Å²) in [5.74, 6) is 1.34. The highest BCUT2D eigenvalue weighted by molar-refractivity contribution is 5.84. The summed E-state index contributed by atoms with van der Waals surface area (Å²) in [4.78, 5) is 12.6. The number of benzene rings is 2. The van der Waals surface area contributed by atoms with Gasteiger partial charge in [0.05, 0.1) is 0 Å². The van der Waals surface area contributed by atoms with Crippen molar-refractivity contribution in [1.29, 1.82) is 0 Å². The van der Waals surface area contributed by atoms with Crippen molar-refractivity contribution in [2.45, 2.75) is 6.10 Å². The first kappa shape index (κ1) is 17.7. The lowest BCUT2D eigenvalue weighted by Crippen LogP contribution is -2.25. The number of ether oxygens (including phenoxy) is 2. The molecule has 0 spiro atoms. The van der Waals surface area contributed by atoms with Crippen LogP contribution in [0.1, 0.15) is 0 Å². The molecule has 2 heterocycles. The van der Waals surface area contributed by atoms with Crippen molar-refractivity contribution in [2.24, 2.45) is 0 Å². The van der Waals surface area contributed by atoms with Gasteiger partial charge in [-0.1, -0.05) is 24.3 Å². The molecule has 0 bridgehead atoms. The summed E-state index contributed by atoms with van der Waals surface area (Å²) < 4.78 is 16.8. The van der Waals surface area contributed by atoms with Gasteiger partial charge in [0.15, 0.2) is 11.2 Å². The van der Waals surface area contributed by atoms with Crippen LogP contribution in [0.3, 0.4) is 0 Å². The Morgan fingerprint density at radius 1 is 1.07 bits per heavy atom. The Bertz CT molecular complexity index is 1110. The zero-order chi connectivity index (χ0) is 19.3. The van der Waals surface area contributed by atoms with Crippen molar-refractivity contribution in [1.82, 2.24) is 20.6 Å². The van der Waals surface area contributed by atoms with Crippen LogP contribution in [0.15, 0.2) is 63.8 Å². The molecule has 9 nitrogen and oxygen atoms in total. The normalized spacial score (nSPS) is 12.0. The van der Waals surface area contributed by atoms with Crippen LogP contribution in [-0.4, -0.2) is 45.0 Å². The predicted octanol–water partition coefficient (Wildman–Crippen LogP) is 1.79. The molecule has 0 saturated carbocycles. The van der Waals surface area contributed by atoms with E-state index >= 15 is 0 Å². The van der Waals surface area contributed by atoms with Crippen molar-refractivity contribution in [3.05, 3.63) is 64.8 Å². The van der Waals surface area contributed by atoms with E-state index in [1.807, 2.05) is 18.2 Å². The second-order valence-corrected chi connectivity index (χ2v) is 5.93. The standard InChI is InChI=1S/C19H16N4O5/c24-12(10-26-13-5-2-1-3-6-13)11-27-15-7-4-8-16-18(15)14(25)9-17(28-16)19-20-22-23-21-19/h1-9,12,24H,10-11H2,(H,20,21,22,23). The van der Waals surface area contributed by atoms with Gasteiger partial charge in [-0.25, -0.2) is 0 Å².